The Balaban J connectivity index is 1.98. The summed E-state index contributed by atoms with van der Waals surface area (Å²) in [6.07, 6.45) is 6.22. The molecule has 2 nitrogen and oxygen atoms in total. The molecule has 1 aromatic rings. The monoisotopic (exact) mass is 324 g/mol. The van der Waals surface area contributed by atoms with E-state index >= 15 is 0 Å². The zero-order chi connectivity index (χ0) is 15.5. The highest BCUT2D eigenvalue weighted by Crippen LogP contribution is 2.42. The van der Waals surface area contributed by atoms with Crippen molar-refractivity contribution < 1.29 is 4.39 Å². The Hall–Kier alpha value is -0.640. The molecule has 1 saturated carbocycles. The topological polar surface area (TPSA) is 15.3 Å². The third kappa shape index (κ3) is 3.32. The van der Waals surface area contributed by atoms with Gasteiger partial charge >= 0.3 is 0 Å². The zero-order valence-corrected chi connectivity index (χ0v) is 14.1. The maximum atomic E-state index is 14.9. The predicted molar refractivity (Wildman–Crippen MR) is 89.9 cm³/mol. The predicted octanol–water partition coefficient (Wildman–Crippen LogP) is 4.31. The van der Waals surface area contributed by atoms with Crippen molar-refractivity contribution in [3.05, 3.63) is 34.1 Å². The first kappa shape index (κ1) is 16.2. The zero-order valence-electron chi connectivity index (χ0n) is 13.4. The lowest BCUT2D eigenvalue weighted by Crippen LogP contribution is -2.47. The Kier molecular flexibility index (Phi) is 5.37. The van der Waals surface area contributed by atoms with E-state index in [2.05, 4.69) is 10.2 Å². The van der Waals surface area contributed by atoms with Crippen molar-refractivity contribution in [2.75, 3.05) is 26.2 Å². The molecule has 4 heteroatoms. The van der Waals surface area contributed by atoms with Crippen LogP contribution in [0, 0.1) is 18.7 Å². The minimum atomic E-state index is -0.0957. The molecule has 1 N–H and O–H groups in total. The van der Waals surface area contributed by atoms with Gasteiger partial charge in [-0.25, -0.2) is 4.39 Å². The van der Waals surface area contributed by atoms with Crippen molar-refractivity contribution in [2.45, 2.75) is 45.1 Å². The van der Waals surface area contributed by atoms with E-state index < -0.39 is 0 Å². The first-order valence-electron chi connectivity index (χ1n) is 8.57. The van der Waals surface area contributed by atoms with Crippen molar-refractivity contribution in [2.24, 2.45) is 5.92 Å². The molecule has 1 saturated heterocycles. The maximum absolute atomic E-state index is 14.9. The van der Waals surface area contributed by atoms with Crippen molar-refractivity contribution in [3.63, 3.8) is 0 Å². The molecule has 1 heterocycles. The molecule has 2 fully saturated rings. The molecule has 1 aliphatic heterocycles. The molecule has 22 heavy (non-hydrogen) atoms. The van der Waals surface area contributed by atoms with Crippen LogP contribution in [0.2, 0.25) is 5.02 Å². The standard InChI is InChI=1S/C18H26ClFN2/c1-13-7-8-15(19)16(17(13)20)18(14-5-3-2-4-6-14)22-11-9-21-10-12-22/h7-8,14,18,21H,2-6,9-12H2,1H3/t18-/m1/s1. The van der Waals surface area contributed by atoms with Gasteiger partial charge in [-0.2, -0.15) is 0 Å². The molecule has 2 aliphatic rings. The van der Waals surface area contributed by atoms with Crippen LogP contribution < -0.4 is 5.32 Å². The summed E-state index contributed by atoms with van der Waals surface area (Å²) in [4.78, 5) is 2.45. The summed E-state index contributed by atoms with van der Waals surface area (Å²) in [7, 11) is 0. The maximum Gasteiger partial charge on any atom is 0.132 e. The average Bonchev–Trinajstić information content (AvgIpc) is 2.57. The molecule has 0 amide bonds. The highest BCUT2D eigenvalue weighted by molar-refractivity contribution is 6.31. The van der Waals surface area contributed by atoms with E-state index in [1.165, 1.54) is 32.1 Å². The molecule has 1 aliphatic carbocycles. The highest BCUT2D eigenvalue weighted by Gasteiger charge is 2.34. The lowest BCUT2D eigenvalue weighted by atomic mass is 9.79. The van der Waals surface area contributed by atoms with E-state index in [9.17, 15) is 4.39 Å². The molecule has 0 unspecified atom stereocenters. The largest absolute Gasteiger partial charge is 0.314 e. The van der Waals surface area contributed by atoms with Gasteiger partial charge in [-0.15, -0.1) is 0 Å². The molecule has 0 radical (unpaired) electrons. The molecule has 1 aromatic carbocycles. The summed E-state index contributed by atoms with van der Waals surface area (Å²) in [6, 6.07) is 3.79. The number of halogens is 2. The first-order valence-corrected chi connectivity index (χ1v) is 8.95. The number of piperazine rings is 1. The third-order valence-electron chi connectivity index (χ3n) is 5.26. The van der Waals surface area contributed by atoms with Gasteiger partial charge in [-0.1, -0.05) is 36.9 Å². The van der Waals surface area contributed by atoms with Crippen molar-refractivity contribution in [3.8, 4) is 0 Å². The fraction of sp³-hybridized carbons (Fsp3) is 0.667. The van der Waals surface area contributed by atoms with Crippen LogP contribution in [0.25, 0.3) is 0 Å². The van der Waals surface area contributed by atoms with Crippen molar-refractivity contribution >= 4 is 11.6 Å². The second kappa shape index (κ2) is 7.29. The van der Waals surface area contributed by atoms with Gasteiger partial charge in [0.15, 0.2) is 0 Å². The van der Waals surface area contributed by atoms with Crippen LogP contribution in [0.1, 0.15) is 49.3 Å². The quantitative estimate of drug-likeness (QED) is 0.891. The number of aryl methyl sites for hydroxylation is 1. The van der Waals surface area contributed by atoms with Crippen molar-refractivity contribution in [1.82, 2.24) is 10.2 Å². The Morgan fingerprint density at radius 1 is 1.18 bits per heavy atom. The normalized spacial score (nSPS) is 22.7. The Bertz CT molecular complexity index is 490. The van der Waals surface area contributed by atoms with E-state index in [0.717, 1.165) is 31.7 Å². The number of rotatable bonds is 3. The molecule has 3 rings (SSSR count). The van der Waals surface area contributed by atoms with E-state index in [1.54, 1.807) is 6.07 Å². The van der Waals surface area contributed by atoms with Crippen LogP contribution >= 0.6 is 11.6 Å². The Labute approximate surface area is 138 Å². The van der Waals surface area contributed by atoms with E-state index in [-0.39, 0.29) is 11.9 Å². The number of benzene rings is 1. The van der Waals surface area contributed by atoms with E-state index in [1.807, 2.05) is 13.0 Å². The fourth-order valence-corrected chi connectivity index (χ4v) is 4.33. The van der Waals surface area contributed by atoms with Gasteiger partial charge in [0.1, 0.15) is 5.82 Å². The van der Waals surface area contributed by atoms with Gasteiger partial charge in [0.25, 0.3) is 0 Å². The first-order chi connectivity index (χ1) is 10.7. The smallest absolute Gasteiger partial charge is 0.132 e. The Morgan fingerprint density at radius 2 is 1.86 bits per heavy atom. The molecule has 0 spiro atoms. The lowest BCUT2D eigenvalue weighted by molar-refractivity contribution is 0.101. The summed E-state index contributed by atoms with van der Waals surface area (Å²) in [6.45, 7) is 5.75. The minimum Gasteiger partial charge on any atom is -0.314 e. The number of hydrogen-bond acceptors (Lipinski definition) is 2. The molecule has 0 aromatic heterocycles. The van der Waals surface area contributed by atoms with Gasteiger partial charge < -0.3 is 5.32 Å². The molecular formula is C18H26ClFN2. The number of nitrogens with zero attached hydrogens (tertiary/aromatic N) is 1. The average molecular weight is 325 g/mol. The van der Waals surface area contributed by atoms with Gasteiger partial charge in [-0.3, -0.25) is 4.90 Å². The molecule has 122 valence electrons. The van der Waals surface area contributed by atoms with E-state index in [4.69, 9.17) is 11.6 Å². The summed E-state index contributed by atoms with van der Waals surface area (Å²) in [5.74, 6) is 0.433. The second-order valence-electron chi connectivity index (χ2n) is 6.72. The van der Waals surface area contributed by atoms with Crippen LogP contribution in [-0.4, -0.2) is 31.1 Å². The molecular weight excluding hydrogens is 299 g/mol. The third-order valence-corrected chi connectivity index (χ3v) is 5.59. The minimum absolute atomic E-state index is 0.0957. The lowest BCUT2D eigenvalue weighted by Gasteiger charge is -2.41. The van der Waals surface area contributed by atoms with E-state index in [0.29, 0.717) is 16.5 Å². The Morgan fingerprint density at radius 3 is 2.55 bits per heavy atom. The van der Waals surface area contributed by atoms with Gasteiger partial charge in [0, 0.05) is 42.8 Å². The number of nitrogens with one attached hydrogen (secondary N) is 1. The van der Waals surface area contributed by atoms with Crippen LogP contribution in [-0.2, 0) is 0 Å². The molecule has 0 bridgehead atoms. The van der Waals surface area contributed by atoms with Gasteiger partial charge in [-0.05, 0) is 37.3 Å². The van der Waals surface area contributed by atoms with Crippen LogP contribution in [0.4, 0.5) is 4.39 Å². The summed E-state index contributed by atoms with van der Waals surface area (Å²) < 4.78 is 14.9. The second-order valence-corrected chi connectivity index (χ2v) is 7.13. The van der Waals surface area contributed by atoms with Crippen LogP contribution in [0.5, 0.6) is 0 Å². The molecule has 1 atom stereocenters. The SMILES string of the molecule is Cc1ccc(Cl)c([C@@H](C2CCCCC2)N2CCNCC2)c1F. The van der Waals surface area contributed by atoms with Crippen LogP contribution in [0.15, 0.2) is 12.1 Å². The fourth-order valence-electron chi connectivity index (χ4n) is 4.08. The van der Waals surface area contributed by atoms with Crippen molar-refractivity contribution in [1.29, 1.82) is 0 Å². The van der Waals surface area contributed by atoms with Crippen LogP contribution in [0.3, 0.4) is 0 Å². The van der Waals surface area contributed by atoms with Gasteiger partial charge in [0.2, 0.25) is 0 Å². The number of hydrogen-bond donors (Lipinski definition) is 1. The van der Waals surface area contributed by atoms with Gasteiger partial charge in [0.05, 0.1) is 0 Å². The summed E-state index contributed by atoms with van der Waals surface area (Å²) in [5, 5.41) is 3.99. The summed E-state index contributed by atoms with van der Waals surface area (Å²) in [5.41, 5.74) is 1.45. The summed E-state index contributed by atoms with van der Waals surface area (Å²) >= 11 is 6.45. The highest BCUT2D eigenvalue weighted by atomic mass is 35.5.